The lowest BCUT2D eigenvalue weighted by Gasteiger charge is -2.47. The highest BCUT2D eigenvalue weighted by atomic mass is 79.9. The van der Waals surface area contributed by atoms with E-state index in [0.29, 0.717) is 28.0 Å². The van der Waals surface area contributed by atoms with Crippen molar-refractivity contribution in [1.82, 2.24) is 4.90 Å². The number of nitrogens with zero attached hydrogens (tertiary/aromatic N) is 2. The van der Waals surface area contributed by atoms with Crippen molar-refractivity contribution in [2.75, 3.05) is 24.5 Å². The van der Waals surface area contributed by atoms with Crippen molar-refractivity contribution in [3.05, 3.63) is 26.7 Å². The van der Waals surface area contributed by atoms with Gasteiger partial charge in [0, 0.05) is 29.6 Å². The minimum absolute atomic E-state index is 0.495. The lowest BCUT2D eigenvalue weighted by atomic mass is 9.96. The maximum atomic E-state index is 6.53. The van der Waals surface area contributed by atoms with Crippen molar-refractivity contribution < 1.29 is 0 Å². The van der Waals surface area contributed by atoms with Crippen molar-refractivity contribution in [3.63, 3.8) is 0 Å². The topological polar surface area (TPSA) is 6.48 Å². The molecule has 2 aliphatic heterocycles. The molecule has 1 aromatic rings. The van der Waals surface area contributed by atoms with Crippen LogP contribution in [0.25, 0.3) is 0 Å². The van der Waals surface area contributed by atoms with E-state index in [4.69, 9.17) is 23.2 Å². The van der Waals surface area contributed by atoms with Crippen LogP contribution in [0.5, 0.6) is 0 Å². The van der Waals surface area contributed by atoms with E-state index in [1.54, 1.807) is 0 Å². The smallest absolute Gasteiger partial charge is 0.0837 e. The minimum atomic E-state index is 0.495. The van der Waals surface area contributed by atoms with Crippen LogP contribution in [0.15, 0.2) is 16.6 Å². The van der Waals surface area contributed by atoms with Crippen LogP contribution in [0.3, 0.4) is 0 Å². The number of halogens is 3. The highest BCUT2D eigenvalue weighted by Gasteiger charge is 2.38. The third kappa shape index (κ3) is 2.95. The van der Waals surface area contributed by atoms with Gasteiger partial charge in [-0.05, 0) is 53.4 Å². The van der Waals surface area contributed by atoms with Crippen molar-refractivity contribution in [2.45, 2.75) is 38.8 Å². The van der Waals surface area contributed by atoms with Crippen molar-refractivity contribution in [3.8, 4) is 0 Å². The highest BCUT2D eigenvalue weighted by molar-refractivity contribution is 9.10. The van der Waals surface area contributed by atoms with E-state index in [1.165, 1.54) is 19.4 Å². The fraction of sp³-hybridized carbons (Fsp3) is 0.625. The van der Waals surface area contributed by atoms with Gasteiger partial charge < -0.3 is 4.90 Å². The summed E-state index contributed by atoms with van der Waals surface area (Å²) in [6.07, 6.45) is 2.61. The molecule has 21 heavy (non-hydrogen) atoms. The standard InChI is InChI=1S/C16H21BrCl2N2/c1-10(2)14-9-20-7-3-4-11(20)8-21(14)13-6-5-12(17)15(18)16(13)19/h5-6,10-11,14H,3-4,7-9H2,1-2H3. The van der Waals surface area contributed by atoms with E-state index in [9.17, 15) is 0 Å². The number of piperazine rings is 1. The molecule has 2 fully saturated rings. The van der Waals surface area contributed by atoms with Gasteiger partial charge in [-0.25, -0.2) is 0 Å². The predicted octanol–water partition coefficient (Wildman–Crippen LogP) is 5.06. The summed E-state index contributed by atoms with van der Waals surface area (Å²) in [5.41, 5.74) is 1.08. The molecule has 1 aromatic carbocycles. The first-order chi connectivity index (χ1) is 9.99. The van der Waals surface area contributed by atoms with Gasteiger partial charge in [0.1, 0.15) is 0 Å². The molecule has 0 aliphatic carbocycles. The average molecular weight is 392 g/mol. The number of hydrogen-bond donors (Lipinski definition) is 0. The number of hydrogen-bond acceptors (Lipinski definition) is 2. The molecule has 116 valence electrons. The van der Waals surface area contributed by atoms with Gasteiger partial charge in [-0.2, -0.15) is 0 Å². The molecule has 2 saturated heterocycles. The molecular weight excluding hydrogens is 371 g/mol. The first kappa shape index (κ1) is 15.9. The van der Waals surface area contributed by atoms with Crippen molar-refractivity contribution in [1.29, 1.82) is 0 Å². The molecule has 0 aromatic heterocycles. The molecule has 2 nitrogen and oxygen atoms in total. The van der Waals surface area contributed by atoms with Crippen molar-refractivity contribution in [2.24, 2.45) is 5.92 Å². The summed E-state index contributed by atoms with van der Waals surface area (Å²) < 4.78 is 0.860. The normalized spacial score (nSPS) is 26.5. The number of anilines is 1. The van der Waals surface area contributed by atoms with Gasteiger partial charge in [-0.1, -0.05) is 37.0 Å². The summed E-state index contributed by atoms with van der Waals surface area (Å²) in [5, 5.41) is 1.29. The second kappa shape index (κ2) is 6.27. The van der Waals surface area contributed by atoms with Gasteiger partial charge in [0.2, 0.25) is 0 Å². The zero-order valence-electron chi connectivity index (χ0n) is 12.5. The quantitative estimate of drug-likeness (QED) is 0.649. The Morgan fingerprint density at radius 2 is 1.95 bits per heavy atom. The molecule has 3 rings (SSSR count). The molecule has 0 spiro atoms. The fourth-order valence-corrected chi connectivity index (χ4v) is 4.51. The summed E-state index contributed by atoms with van der Waals surface area (Å²) in [7, 11) is 0. The third-order valence-corrected chi connectivity index (χ3v) is 6.58. The largest absolute Gasteiger partial charge is 0.364 e. The first-order valence-corrected chi connectivity index (χ1v) is 9.18. The predicted molar refractivity (Wildman–Crippen MR) is 94.7 cm³/mol. The van der Waals surface area contributed by atoms with Crippen LogP contribution in [0.4, 0.5) is 5.69 Å². The number of benzene rings is 1. The van der Waals surface area contributed by atoms with Gasteiger partial charge in [-0.15, -0.1) is 0 Å². The van der Waals surface area contributed by atoms with Crippen LogP contribution >= 0.6 is 39.1 Å². The van der Waals surface area contributed by atoms with E-state index in [0.717, 1.165) is 23.2 Å². The van der Waals surface area contributed by atoms with Crippen LogP contribution in [0.2, 0.25) is 10.0 Å². The second-order valence-corrected chi connectivity index (χ2v) is 8.06. The van der Waals surface area contributed by atoms with E-state index < -0.39 is 0 Å². The molecule has 0 saturated carbocycles. The Bertz CT molecular complexity index is 535. The SMILES string of the molecule is CC(C)C1CN2CCCC2CN1c1ccc(Br)c(Cl)c1Cl. The molecule has 0 radical (unpaired) electrons. The van der Waals surface area contributed by atoms with Gasteiger partial charge in [-0.3, -0.25) is 4.90 Å². The fourth-order valence-electron chi connectivity index (χ4n) is 3.63. The Morgan fingerprint density at radius 1 is 1.19 bits per heavy atom. The van der Waals surface area contributed by atoms with Crippen LogP contribution in [-0.4, -0.2) is 36.6 Å². The molecule has 2 aliphatic rings. The molecule has 0 bridgehead atoms. The van der Waals surface area contributed by atoms with Crippen LogP contribution < -0.4 is 4.90 Å². The van der Waals surface area contributed by atoms with Gasteiger partial charge in [0.05, 0.1) is 15.7 Å². The lowest BCUT2D eigenvalue weighted by molar-refractivity contribution is 0.176. The molecule has 5 heteroatoms. The van der Waals surface area contributed by atoms with Crippen LogP contribution in [0, 0.1) is 5.92 Å². The molecule has 0 N–H and O–H groups in total. The maximum Gasteiger partial charge on any atom is 0.0837 e. The first-order valence-electron chi connectivity index (χ1n) is 7.63. The lowest BCUT2D eigenvalue weighted by Crippen LogP contribution is -2.58. The van der Waals surface area contributed by atoms with Gasteiger partial charge in [0.15, 0.2) is 0 Å². The average Bonchev–Trinajstić information content (AvgIpc) is 2.91. The molecule has 2 heterocycles. The molecule has 2 unspecified atom stereocenters. The van der Waals surface area contributed by atoms with Crippen LogP contribution in [0.1, 0.15) is 26.7 Å². The molecule has 2 atom stereocenters. The summed E-state index contributed by atoms with van der Waals surface area (Å²) in [6.45, 7) is 8.02. The Hall–Kier alpha value is 0.0400. The number of fused-ring (bicyclic) bond motifs is 1. The molecular formula is C16H21BrCl2N2. The Balaban J connectivity index is 1.96. The number of rotatable bonds is 2. The van der Waals surface area contributed by atoms with Crippen molar-refractivity contribution >= 4 is 44.8 Å². The zero-order valence-corrected chi connectivity index (χ0v) is 15.5. The monoisotopic (exact) mass is 390 g/mol. The summed E-state index contributed by atoms with van der Waals surface area (Å²) in [4.78, 5) is 5.13. The highest BCUT2D eigenvalue weighted by Crippen LogP contribution is 2.41. The summed E-state index contributed by atoms with van der Waals surface area (Å²) in [6, 6.07) is 5.26. The van der Waals surface area contributed by atoms with Crippen LogP contribution in [-0.2, 0) is 0 Å². The van der Waals surface area contributed by atoms with E-state index in [-0.39, 0.29) is 0 Å². The third-order valence-electron chi connectivity index (χ3n) is 4.82. The summed E-state index contributed by atoms with van der Waals surface area (Å²) in [5.74, 6) is 0.588. The Morgan fingerprint density at radius 3 is 2.67 bits per heavy atom. The van der Waals surface area contributed by atoms with E-state index in [2.05, 4.69) is 45.6 Å². The summed E-state index contributed by atoms with van der Waals surface area (Å²) >= 11 is 16.3. The van der Waals surface area contributed by atoms with E-state index >= 15 is 0 Å². The Kier molecular flexibility index (Phi) is 4.75. The minimum Gasteiger partial charge on any atom is -0.364 e. The van der Waals surface area contributed by atoms with Gasteiger partial charge in [0.25, 0.3) is 0 Å². The molecule has 0 amide bonds. The Labute approximate surface area is 145 Å². The van der Waals surface area contributed by atoms with Gasteiger partial charge >= 0.3 is 0 Å². The second-order valence-electron chi connectivity index (χ2n) is 6.45. The zero-order chi connectivity index (χ0) is 15.1. The maximum absolute atomic E-state index is 6.53. The van der Waals surface area contributed by atoms with E-state index in [1.807, 2.05) is 6.07 Å².